The van der Waals surface area contributed by atoms with Gasteiger partial charge >= 0.3 is 0 Å². The molecule has 1 aromatic heterocycles. The summed E-state index contributed by atoms with van der Waals surface area (Å²) >= 11 is 0. The number of rotatable bonds is 0. The molecule has 0 unspecified atom stereocenters. The van der Waals surface area contributed by atoms with Gasteiger partial charge in [-0.1, -0.05) is 0 Å². The number of nitrogens with two attached hydrogens (primary N) is 1. The van der Waals surface area contributed by atoms with Crippen LogP contribution >= 0.6 is 0 Å². The van der Waals surface area contributed by atoms with Crippen molar-refractivity contribution >= 4 is 11.9 Å². The average molecular weight is 139 g/mol. The van der Waals surface area contributed by atoms with Crippen LogP contribution in [0.5, 0.6) is 0 Å². The number of nitrogens with zero attached hydrogens (tertiary/aromatic N) is 3. The molecule has 0 fully saturated rings. The highest BCUT2D eigenvalue weighted by atomic mass is 15.4. The topological polar surface area (TPSA) is 68.8 Å². The van der Waals surface area contributed by atoms with Crippen molar-refractivity contribution in [3.8, 4) is 0 Å². The molecule has 0 aliphatic carbocycles. The summed E-state index contributed by atoms with van der Waals surface area (Å²) in [6, 6.07) is 0. The van der Waals surface area contributed by atoms with Crippen LogP contribution in [0.1, 0.15) is 6.42 Å². The van der Waals surface area contributed by atoms with E-state index in [1.165, 1.54) is 0 Å². The van der Waals surface area contributed by atoms with Crippen LogP contribution in [0.4, 0.5) is 11.9 Å². The van der Waals surface area contributed by atoms with Gasteiger partial charge in [0.25, 0.3) is 0 Å². The molecule has 5 nitrogen and oxygen atoms in total. The fourth-order valence-corrected chi connectivity index (χ4v) is 1.10. The molecule has 0 radical (unpaired) electrons. The highest BCUT2D eigenvalue weighted by Crippen LogP contribution is 2.13. The van der Waals surface area contributed by atoms with Crippen LogP contribution in [0.25, 0.3) is 0 Å². The molecular weight excluding hydrogens is 130 g/mol. The number of anilines is 2. The molecule has 10 heavy (non-hydrogen) atoms. The SMILES string of the molecule is Nc1nnc2n1CCCN2. The van der Waals surface area contributed by atoms with Crippen LogP contribution in [0.2, 0.25) is 0 Å². The molecule has 0 atom stereocenters. The first kappa shape index (κ1) is 5.52. The monoisotopic (exact) mass is 139 g/mol. The van der Waals surface area contributed by atoms with Gasteiger partial charge in [0.1, 0.15) is 0 Å². The lowest BCUT2D eigenvalue weighted by atomic mass is 10.4. The number of hydrogen-bond acceptors (Lipinski definition) is 4. The predicted molar refractivity (Wildman–Crippen MR) is 37.5 cm³/mol. The molecule has 1 aliphatic rings. The molecule has 0 saturated heterocycles. The van der Waals surface area contributed by atoms with E-state index >= 15 is 0 Å². The average Bonchev–Trinajstić information content (AvgIpc) is 2.34. The van der Waals surface area contributed by atoms with Crippen LogP contribution in [0.3, 0.4) is 0 Å². The Hall–Kier alpha value is -1.26. The van der Waals surface area contributed by atoms with Crippen molar-refractivity contribution < 1.29 is 0 Å². The van der Waals surface area contributed by atoms with Crippen molar-refractivity contribution in [3.63, 3.8) is 0 Å². The second kappa shape index (κ2) is 1.86. The molecule has 0 spiro atoms. The van der Waals surface area contributed by atoms with Gasteiger partial charge in [-0.3, -0.25) is 4.57 Å². The van der Waals surface area contributed by atoms with E-state index < -0.39 is 0 Å². The molecule has 1 aliphatic heterocycles. The largest absolute Gasteiger partial charge is 0.368 e. The van der Waals surface area contributed by atoms with Crippen molar-refractivity contribution in [3.05, 3.63) is 0 Å². The van der Waals surface area contributed by atoms with E-state index in [0.29, 0.717) is 5.95 Å². The van der Waals surface area contributed by atoms with Crippen LogP contribution in [0.15, 0.2) is 0 Å². The standard InChI is InChI=1S/C5H9N5/c6-4-8-9-5-7-2-1-3-10(4)5/h1-3H2,(H2,6,8)(H,7,9). The fraction of sp³-hybridized carbons (Fsp3) is 0.600. The van der Waals surface area contributed by atoms with E-state index in [2.05, 4.69) is 15.5 Å². The number of fused-ring (bicyclic) bond motifs is 1. The van der Waals surface area contributed by atoms with Gasteiger partial charge in [-0.25, -0.2) is 0 Å². The molecule has 5 heteroatoms. The summed E-state index contributed by atoms with van der Waals surface area (Å²) < 4.78 is 1.88. The van der Waals surface area contributed by atoms with Gasteiger partial charge in [-0.05, 0) is 6.42 Å². The first-order valence-electron chi connectivity index (χ1n) is 3.30. The first-order valence-corrected chi connectivity index (χ1v) is 3.30. The molecule has 54 valence electrons. The normalized spacial score (nSPS) is 16.0. The first-order chi connectivity index (χ1) is 4.88. The number of nitrogens with one attached hydrogen (secondary N) is 1. The molecule has 1 aromatic rings. The highest BCUT2D eigenvalue weighted by Gasteiger charge is 2.11. The third kappa shape index (κ3) is 0.632. The van der Waals surface area contributed by atoms with Gasteiger partial charge in [0.05, 0.1) is 0 Å². The van der Waals surface area contributed by atoms with Crippen LogP contribution in [-0.4, -0.2) is 21.3 Å². The molecule has 2 heterocycles. The van der Waals surface area contributed by atoms with Gasteiger partial charge in [0, 0.05) is 13.1 Å². The molecule has 0 bridgehead atoms. The lowest BCUT2D eigenvalue weighted by Gasteiger charge is -2.14. The molecule has 0 aromatic carbocycles. The highest BCUT2D eigenvalue weighted by molar-refractivity contribution is 5.34. The molecule has 0 saturated carbocycles. The Morgan fingerprint density at radius 2 is 2.40 bits per heavy atom. The smallest absolute Gasteiger partial charge is 0.226 e. The number of aromatic nitrogens is 3. The predicted octanol–water partition coefficient (Wildman–Crippen LogP) is -0.324. The van der Waals surface area contributed by atoms with Crippen molar-refractivity contribution in [1.29, 1.82) is 0 Å². The maximum absolute atomic E-state index is 5.51. The minimum atomic E-state index is 0.502. The van der Waals surface area contributed by atoms with Crippen molar-refractivity contribution in [2.24, 2.45) is 0 Å². The van der Waals surface area contributed by atoms with E-state index in [4.69, 9.17) is 5.73 Å². The Morgan fingerprint density at radius 1 is 1.50 bits per heavy atom. The summed E-state index contributed by atoms with van der Waals surface area (Å²) in [5.74, 6) is 1.30. The Bertz CT molecular complexity index is 240. The van der Waals surface area contributed by atoms with Gasteiger partial charge in [-0.15, -0.1) is 10.2 Å². The van der Waals surface area contributed by atoms with E-state index in [-0.39, 0.29) is 0 Å². The zero-order valence-electron chi connectivity index (χ0n) is 5.54. The lowest BCUT2D eigenvalue weighted by Crippen LogP contribution is -2.18. The molecule has 0 amide bonds. The van der Waals surface area contributed by atoms with Gasteiger partial charge < -0.3 is 11.1 Å². The summed E-state index contributed by atoms with van der Waals surface area (Å²) in [4.78, 5) is 0. The van der Waals surface area contributed by atoms with Gasteiger partial charge in [0.15, 0.2) is 0 Å². The van der Waals surface area contributed by atoms with E-state index in [1.54, 1.807) is 0 Å². The quantitative estimate of drug-likeness (QED) is 0.516. The van der Waals surface area contributed by atoms with E-state index in [1.807, 2.05) is 4.57 Å². The summed E-state index contributed by atoms with van der Waals surface area (Å²) in [5.41, 5.74) is 5.51. The minimum Gasteiger partial charge on any atom is -0.368 e. The Balaban J connectivity index is 2.45. The van der Waals surface area contributed by atoms with Crippen LogP contribution < -0.4 is 11.1 Å². The Labute approximate surface area is 58.2 Å². The summed E-state index contributed by atoms with van der Waals surface area (Å²) in [6.45, 7) is 1.90. The van der Waals surface area contributed by atoms with Crippen molar-refractivity contribution in [1.82, 2.24) is 14.8 Å². The van der Waals surface area contributed by atoms with Gasteiger partial charge in [-0.2, -0.15) is 0 Å². The summed E-state index contributed by atoms with van der Waals surface area (Å²) in [7, 11) is 0. The maximum atomic E-state index is 5.51. The van der Waals surface area contributed by atoms with E-state index in [9.17, 15) is 0 Å². The number of hydrogen-bond donors (Lipinski definition) is 2. The fourth-order valence-electron chi connectivity index (χ4n) is 1.10. The van der Waals surface area contributed by atoms with Crippen LogP contribution in [0, 0.1) is 0 Å². The minimum absolute atomic E-state index is 0.502. The third-order valence-electron chi connectivity index (χ3n) is 1.62. The molecular formula is C5H9N5. The third-order valence-corrected chi connectivity index (χ3v) is 1.62. The van der Waals surface area contributed by atoms with E-state index in [0.717, 1.165) is 25.5 Å². The summed E-state index contributed by atoms with van der Waals surface area (Å²) in [6.07, 6.45) is 1.09. The molecule has 3 N–H and O–H groups in total. The zero-order valence-corrected chi connectivity index (χ0v) is 5.54. The molecule has 2 rings (SSSR count). The van der Waals surface area contributed by atoms with Crippen molar-refractivity contribution in [2.75, 3.05) is 17.6 Å². The number of nitrogen functional groups attached to an aromatic ring is 1. The lowest BCUT2D eigenvalue weighted by molar-refractivity contribution is 0.633. The zero-order chi connectivity index (χ0) is 6.97. The Kier molecular flexibility index (Phi) is 1.03. The Morgan fingerprint density at radius 3 is 3.20 bits per heavy atom. The second-order valence-electron chi connectivity index (χ2n) is 2.31. The second-order valence-corrected chi connectivity index (χ2v) is 2.31. The van der Waals surface area contributed by atoms with Crippen LogP contribution in [-0.2, 0) is 6.54 Å². The maximum Gasteiger partial charge on any atom is 0.226 e. The van der Waals surface area contributed by atoms with Gasteiger partial charge in [0.2, 0.25) is 11.9 Å². The van der Waals surface area contributed by atoms with Crippen molar-refractivity contribution in [2.45, 2.75) is 13.0 Å². The summed E-state index contributed by atoms with van der Waals surface area (Å²) in [5, 5.41) is 10.7.